The third kappa shape index (κ3) is 3.38. The molecule has 106 valence electrons. The summed E-state index contributed by atoms with van der Waals surface area (Å²) in [7, 11) is 1.67. The summed E-state index contributed by atoms with van der Waals surface area (Å²) < 4.78 is 24.5. The van der Waals surface area contributed by atoms with E-state index < -0.39 is 5.82 Å². The van der Waals surface area contributed by atoms with Crippen molar-refractivity contribution in [3.05, 3.63) is 29.0 Å². The first-order chi connectivity index (χ1) is 9.15. The van der Waals surface area contributed by atoms with E-state index >= 15 is 0 Å². The molecule has 0 amide bonds. The molecule has 1 aromatic rings. The van der Waals surface area contributed by atoms with Crippen LogP contribution in [-0.2, 0) is 4.74 Å². The summed E-state index contributed by atoms with van der Waals surface area (Å²) in [6, 6.07) is 4.79. The van der Waals surface area contributed by atoms with Gasteiger partial charge in [0.1, 0.15) is 23.8 Å². The molecule has 0 aromatic heterocycles. The zero-order valence-corrected chi connectivity index (χ0v) is 11.9. The van der Waals surface area contributed by atoms with Gasteiger partial charge in [0.2, 0.25) is 0 Å². The van der Waals surface area contributed by atoms with E-state index in [0.29, 0.717) is 11.8 Å². The molecule has 3 unspecified atom stereocenters. The summed E-state index contributed by atoms with van der Waals surface area (Å²) in [5.74, 6) is 0.0241. The lowest BCUT2D eigenvalue weighted by Gasteiger charge is -2.43. The Morgan fingerprint density at radius 3 is 2.89 bits per heavy atom. The van der Waals surface area contributed by atoms with Gasteiger partial charge in [-0.05, 0) is 25.1 Å². The lowest BCUT2D eigenvalue weighted by molar-refractivity contribution is -0.0887. The maximum Gasteiger partial charge on any atom is 0.145 e. The topological polar surface area (TPSA) is 30.5 Å². The van der Waals surface area contributed by atoms with Gasteiger partial charge < -0.3 is 14.8 Å². The minimum atomic E-state index is -0.465. The number of methoxy groups -OCH3 is 1. The van der Waals surface area contributed by atoms with Gasteiger partial charge in [0.25, 0.3) is 0 Å². The SMILES string of the molecule is CCCNC1CC(Oc2ccc(Cl)c(F)c2)C1OC. The van der Waals surface area contributed by atoms with E-state index in [-0.39, 0.29) is 17.2 Å². The lowest BCUT2D eigenvalue weighted by Crippen LogP contribution is -2.61. The van der Waals surface area contributed by atoms with E-state index in [1.807, 2.05) is 0 Å². The summed E-state index contributed by atoms with van der Waals surface area (Å²) in [5.41, 5.74) is 0. The van der Waals surface area contributed by atoms with Crippen molar-refractivity contribution in [1.29, 1.82) is 0 Å². The first kappa shape index (κ1) is 14.6. The standard InChI is InChI=1S/C14H19ClFNO2/c1-3-6-17-12-8-13(14(12)18-2)19-9-4-5-10(15)11(16)7-9/h4-5,7,12-14,17H,3,6,8H2,1-2H3. The Bertz CT molecular complexity index is 430. The average molecular weight is 288 g/mol. The summed E-state index contributed by atoms with van der Waals surface area (Å²) in [5, 5.41) is 3.51. The van der Waals surface area contributed by atoms with Gasteiger partial charge in [-0.1, -0.05) is 18.5 Å². The third-order valence-electron chi connectivity index (χ3n) is 3.36. The smallest absolute Gasteiger partial charge is 0.145 e. The molecule has 1 fully saturated rings. The highest BCUT2D eigenvalue weighted by molar-refractivity contribution is 6.30. The molecule has 5 heteroatoms. The Morgan fingerprint density at radius 1 is 1.47 bits per heavy atom. The molecular weight excluding hydrogens is 269 g/mol. The molecule has 0 spiro atoms. The molecule has 19 heavy (non-hydrogen) atoms. The fourth-order valence-corrected chi connectivity index (χ4v) is 2.38. The second-order valence-corrected chi connectivity index (χ2v) is 5.14. The van der Waals surface area contributed by atoms with Crippen molar-refractivity contribution in [3.63, 3.8) is 0 Å². The molecule has 0 radical (unpaired) electrons. The van der Waals surface area contributed by atoms with E-state index in [1.54, 1.807) is 13.2 Å². The second-order valence-electron chi connectivity index (χ2n) is 4.73. The van der Waals surface area contributed by atoms with Crippen molar-refractivity contribution in [1.82, 2.24) is 5.32 Å². The number of rotatable bonds is 6. The van der Waals surface area contributed by atoms with E-state index in [0.717, 1.165) is 19.4 Å². The Balaban J connectivity index is 1.91. The molecule has 0 aliphatic heterocycles. The lowest BCUT2D eigenvalue weighted by atomic mass is 9.85. The zero-order chi connectivity index (χ0) is 13.8. The maximum atomic E-state index is 13.3. The predicted molar refractivity (Wildman–Crippen MR) is 73.3 cm³/mol. The van der Waals surface area contributed by atoms with Crippen LogP contribution in [0.4, 0.5) is 4.39 Å². The van der Waals surface area contributed by atoms with Gasteiger partial charge >= 0.3 is 0 Å². The molecular formula is C14H19ClFNO2. The predicted octanol–water partition coefficient (Wildman–Crippen LogP) is 3.01. The van der Waals surface area contributed by atoms with Gasteiger partial charge in [0.05, 0.1) is 5.02 Å². The number of ether oxygens (including phenoxy) is 2. The average Bonchev–Trinajstić information content (AvgIpc) is 2.37. The number of nitrogens with one attached hydrogen (secondary N) is 1. The summed E-state index contributed by atoms with van der Waals surface area (Å²) in [4.78, 5) is 0. The monoisotopic (exact) mass is 287 g/mol. The van der Waals surface area contributed by atoms with Crippen LogP contribution in [0.15, 0.2) is 18.2 Å². The van der Waals surface area contributed by atoms with Gasteiger partial charge in [0.15, 0.2) is 0 Å². The molecule has 1 saturated carbocycles. The normalized spacial score (nSPS) is 26.0. The molecule has 0 saturated heterocycles. The highest BCUT2D eigenvalue weighted by Gasteiger charge is 2.42. The molecule has 1 aromatic carbocycles. The third-order valence-corrected chi connectivity index (χ3v) is 3.66. The highest BCUT2D eigenvalue weighted by atomic mass is 35.5. The van der Waals surface area contributed by atoms with Crippen LogP contribution >= 0.6 is 11.6 Å². The molecule has 1 aliphatic rings. The quantitative estimate of drug-likeness (QED) is 0.872. The second kappa shape index (κ2) is 6.55. The molecule has 0 heterocycles. The Hall–Kier alpha value is -0.840. The van der Waals surface area contributed by atoms with Crippen molar-refractivity contribution >= 4 is 11.6 Å². The van der Waals surface area contributed by atoms with Crippen LogP contribution in [0.25, 0.3) is 0 Å². The van der Waals surface area contributed by atoms with Crippen LogP contribution in [0.1, 0.15) is 19.8 Å². The van der Waals surface area contributed by atoms with Gasteiger partial charge in [-0.25, -0.2) is 4.39 Å². The van der Waals surface area contributed by atoms with Crippen LogP contribution in [0, 0.1) is 5.82 Å². The van der Waals surface area contributed by atoms with Crippen LogP contribution in [0.2, 0.25) is 5.02 Å². The Labute approximate surface area is 118 Å². The summed E-state index contributed by atoms with van der Waals surface area (Å²) in [6.45, 7) is 3.09. The fourth-order valence-electron chi connectivity index (χ4n) is 2.27. The minimum Gasteiger partial charge on any atom is -0.487 e. The minimum absolute atomic E-state index is 0.00490. The van der Waals surface area contributed by atoms with Gasteiger partial charge in [0, 0.05) is 25.6 Å². The van der Waals surface area contributed by atoms with Crippen LogP contribution in [0.5, 0.6) is 5.75 Å². The van der Waals surface area contributed by atoms with Gasteiger partial charge in [-0.15, -0.1) is 0 Å². The van der Waals surface area contributed by atoms with Gasteiger partial charge in [-0.3, -0.25) is 0 Å². The summed E-state index contributed by atoms with van der Waals surface area (Å²) in [6.07, 6.45) is 1.91. The maximum absolute atomic E-state index is 13.3. The van der Waals surface area contributed by atoms with Crippen LogP contribution in [-0.4, -0.2) is 31.9 Å². The van der Waals surface area contributed by atoms with Crippen LogP contribution in [0.3, 0.4) is 0 Å². The van der Waals surface area contributed by atoms with E-state index in [9.17, 15) is 4.39 Å². The molecule has 1 aliphatic carbocycles. The largest absolute Gasteiger partial charge is 0.487 e. The van der Waals surface area contributed by atoms with Crippen molar-refractivity contribution in [2.45, 2.75) is 38.0 Å². The fraction of sp³-hybridized carbons (Fsp3) is 0.571. The Kier molecular flexibility index (Phi) is 5.02. The first-order valence-electron chi connectivity index (χ1n) is 6.53. The van der Waals surface area contributed by atoms with Crippen LogP contribution < -0.4 is 10.1 Å². The number of hydrogen-bond acceptors (Lipinski definition) is 3. The van der Waals surface area contributed by atoms with E-state index in [4.69, 9.17) is 21.1 Å². The van der Waals surface area contributed by atoms with Crippen molar-refractivity contribution in [2.24, 2.45) is 0 Å². The van der Waals surface area contributed by atoms with Crippen molar-refractivity contribution < 1.29 is 13.9 Å². The molecule has 2 rings (SSSR count). The molecule has 3 nitrogen and oxygen atoms in total. The van der Waals surface area contributed by atoms with E-state index in [2.05, 4.69) is 12.2 Å². The highest BCUT2D eigenvalue weighted by Crippen LogP contribution is 2.30. The van der Waals surface area contributed by atoms with E-state index in [1.165, 1.54) is 12.1 Å². The molecule has 3 atom stereocenters. The summed E-state index contributed by atoms with van der Waals surface area (Å²) >= 11 is 5.64. The van der Waals surface area contributed by atoms with Crippen molar-refractivity contribution in [2.75, 3.05) is 13.7 Å². The van der Waals surface area contributed by atoms with Gasteiger partial charge in [-0.2, -0.15) is 0 Å². The molecule has 0 bridgehead atoms. The number of benzene rings is 1. The Morgan fingerprint density at radius 2 is 2.26 bits per heavy atom. The zero-order valence-electron chi connectivity index (χ0n) is 11.2. The van der Waals surface area contributed by atoms with Crippen molar-refractivity contribution in [3.8, 4) is 5.75 Å². The molecule has 1 N–H and O–H groups in total. The number of hydrogen-bond donors (Lipinski definition) is 1. The first-order valence-corrected chi connectivity index (χ1v) is 6.91. The number of halogens is 2.